The number of carbonyl (C=O) groups excluding carboxylic acids is 3. The number of hydrogen-bond acceptors (Lipinski definition) is 8. The van der Waals surface area contributed by atoms with Crippen LogP contribution in [0.4, 0.5) is 0 Å². The first-order valence-corrected chi connectivity index (χ1v) is 7.77. The van der Waals surface area contributed by atoms with Gasteiger partial charge in [0.2, 0.25) is 5.75 Å². The average Bonchev–Trinajstić information content (AvgIpc) is 2.67. The third-order valence-electron chi connectivity index (χ3n) is 3.34. The Balaban J connectivity index is 2.57. The molecule has 0 bridgehead atoms. The maximum absolute atomic E-state index is 12.1. The molecule has 1 rings (SSSR count). The summed E-state index contributed by atoms with van der Waals surface area (Å²) in [7, 11) is 5.59. The van der Waals surface area contributed by atoms with E-state index in [9.17, 15) is 14.4 Å². The number of carbonyl (C=O) groups is 3. The molecular weight excluding hydrogens is 346 g/mol. The largest absolute Gasteiger partial charge is 0.493 e. The molecule has 1 N–H and O–H groups in total. The van der Waals surface area contributed by atoms with Crippen LogP contribution in [0.25, 0.3) is 0 Å². The van der Waals surface area contributed by atoms with E-state index in [2.05, 4.69) is 10.1 Å². The molecule has 0 radical (unpaired) electrons. The van der Waals surface area contributed by atoms with Crippen molar-refractivity contribution < 1.29 is 38.1 Å². The average molecular weight is 369 g/mol. The van der Waals surface area contributed by atoms with E-state index in [4.69, 9.17) is 18.9 Å². The SMILES string of the molecule is COC(=O)CCCNC(=O)COC(=O)c1cc(OC)c(OC)c(OC)c1. The zero-order valence-corrected chi connectivity index (χ0v) is 15.2. The zero-order chi connectivity index (χ0) is 19.5. The number of rotatable bonds is 10. The molecule has 0 aliphatic carbocycles. The summed E-state index contributed by atoms with van der Waals surface area (Å²) in [5.74, 6) is -0.607. The maximum atomic E-state index is 12.1. The van der Waals surface area contributed by atoms with Crippen molar-refractivity contribution in [2.75, 3.05) is 41.6 Å². The zero-order valence-electron chi connectivity index (χ0n) is 15.2. The Kier molecular flexibility index (Phi) is 8.76. The van der Waals surface area contributed by atoms with Crippen molar-refractivity contribution in [3.63, 3.8) is 0 Å². The predicted octanol–water partition coefficient (Wildman–Crippen LogP) is 0.939. The van der Waals surface area contributed by atoms with Crippen molar-refractivity contribution in [2.24, 2.45) is 0 Å². The van der Waals surface area contributed by atoms with Crippen LogP contribution in [0.5, 0.6) is 17.2 Å². The van der Waals surface area contributed by atoms with Crippen molar-refractivity contribution in [1.82, 2.24) is 5.32 Å². The van der Waals surface area contributed by atoms with Gasteiger partial charge in [-0.1, -0.05) is 0 Å². The fourth-order valence-electron chi connectivity index (χ4n) is 2.03. The van der Waals surface area contributed by atoms with Gasteiger partial charge in [0.1, 0.15) is 0 Å². The highest BCUT2D eigenvalue weighted by Crippen LogP contribution is 2.38. The van der Waals surface area contributed by atoms with Crippen LogP contribution in [-0.2, 0) is 19.1 Å². The summed E-state index contributed by atoms with van der Waals surface area (Å²) >= 11 is 0. The van der Waals surface area contributed by atoms with E-state index < -0.39 is 18.5 Å². The van der Waals surface area contributed by atoms with Gasteiger partial charge < -0.3 is 29.0 Å². The number of benzene rings is 1. The van der Waals surface area contributed by atoms with Crippen LogP contribution in [-0.4, -0.2) is 59.4 Å². The van der Waals surface area contributed by atoms with Gasteiger partial charge in [0, 0.05) is 13.0 Å². The Labute approximate surface area is 151 Å². The molecule has 9 nitrogen and oxygen atoms in total. The molecular formula is C17H23NO8. The van der Waals surface area contributed by atoms with E-state index in [1.54, 1.807) is 0 Å². The van der Waals surface area contributed by atoms with Crippen molar-refractivity contribution in [2.45, 2.75) is 12.8 Å². The molecule has 0 heterocycles. The summed E-state index contributed by atoms with van der Waals surface area (Å²) in [5.41, 5.74) is 0.151. The lowest BCUT2D eigenvalue weighted by Crippen LogP contribution is -2.30. The Morgan fingerprint density at radius 2 is 1.58 bits per heavy atom. The molecule has 0 aliphatic heterocycles. The van der Waals surface area contributed by atoms with Crippen molar-refractivity contribution in [1.29, 1.82) is 0 Å². The van der Waals surface area contributed by atoms with E-state index >= 15 is 0 Å². The molecule has 0 saturated carbocycles. The number of methoxy groups -OCH3 is 4. The second-order valence-corrected chi connectivity index (χ2v) is 5.02. The number of amides is 1. The van der Waals surface area contributed by atoms with Crippen LogP contribution in [0.15, 0.2) is 12.1 Å². The summed E-state index contributed by atoms with van der Waals surface area (Å²) in [6, 6.07) is 2.86. The second-order valence-electron chi connectivity index (χ2n) is 5.02. The molecule has 0 aliphatic rings. The molecule has 0 aromatic heterocycles. The highest BCUT2D eigenvalue weighted by molar-refractivity contribution is 5.92. The molecule has 0 fully saturated rings. The van der Waals surface area contributed by atoms with Crippen LogP contribution in [0.2, 0.25) is 0 Å². The maximum Gasteiger partial charge on any atom is 0.338 e. The second kappa shape index (κ2) is 10.8. The quantitative estimate of drug-likeness (QED) is 0.479. The third kappa shape index (κ3) is 6.15. The van der Waals surface area contributed by atoms with Crippen molar-refractivity contribution in [3.8, 4) is 17.2 Å². The molecule has 0 atom stereocenters. The summed E-state index contributed by atoms with van der Waals surface area (Å²) < 4.78 is 24.9. The minimum absolute atomic E-state index is 0.151. The Bertz CT molecular complexity index is 619. The van der Waals surface area contributed by atoms with Crippen LogP contribution >= 0.6 is 0 Å². The molecule has 26 heavy (non-hydrogen) atoms. The minimum atomic E-state index is -0.714. The minimum Gasteiger partial charge on any atom is -0.493 e. The number of ether oxygens (including phenoxy) is 5. The highest BCUT2D eigenvalue weighted by atomic mass is 16.5. The first-order valence-electron chi connectivity index (χ1n) is 7.77. The van der Waals surface area contributed by atoms with Crippen LogP contribution in [0, 0.1) is 0 Å². The fraction of sp³-hybridized carbons (Fsp3) is 0.471. The third-order valence-corrected chi connectivity index (χ3v) is 3.34. The van der Waals surface area contributed by atoms with Crippen molar-refractivity contribution >= 4 is 17.8 Å². The fourth-order valence-corrected chi connectivity index (χ4v) is 2.03. The lowest BCUT2D eigenvalue weighted by atomic mass is 10.2. The summed E-state index contributed by atoms with van der Waals surface area (Å²) in [6.45, 7) is -0.177. The topological polar surface area (TPSA) is 109 Å². The molecule has 0 saturated heterocycles. The smallest absolute Gasteiger partial charge is 0.338 e. The Hall–Kier alpha value is -2.97. The van der Waals surface area contributed by atoms with Gasteiger partial charge in [-0.15, -0.1) is 0 Å². The van der Waals surface area contributed by atoms with Crippen LogP contribution < -0.4 is 19.5 Å². The van der Waals surface area contributed by atoms with E-state index in [0.717, 1.165) is 0 Å². The molecule has 1 aromatic carbocycles. The first kappa shape index (κ1) is 21.1. The van der Waals surface area contributed by atoms with Gasteiger partial charge in [-0.2, -0.15) is 0 Å². The van der Waals surface area contributed by atoms with Gasteiger partial charge in [0.25, 0.3) is 5.91 Å². The van der Waals surface area contributed by atoms with Crippen LogP contribution in [0.3, 0.4) is 0 Å². The summed E-state index contributed by atoms with van der Waals surface area (Å²) in [5, 5.41) is 2.54. The van der Waals surface area contributed by atoms with Gasteiger partial charge in [-0.05, 0) is 18.6 Å². The lowest BCUT2D eigenvalue weighted by Gasteiger charge is -2.13. The van der Waals surface area contributed by atoms with Gasteiger partial charge >= 0.3 is 11.9 Å². The van der Waals surface area contributed by atoms with Gasteiger partial charge in [-0.25, -0.2) is 4.79 Å². The number of hydrogen-bond donors (Lipinski definition) is 1. The molecule has 9 heteroatoms. The first-order chi connectivity index (χ1) is 12.5. The molecule has 1 amide bonds. The molecule has 1 aromatic rings. The van der Waals surface area contributed by atoms with Gasteiger partial charge in [0.15, 0.2) is 18.1 Å². The van der Waals surface area contributed by atoms with Gasteiger partial charge in [0.05, 0.1) is 34.0 Å². The lowest BCUT2D eigenvalue weighted by molar-refractivity contribution is -0.140. The normalized spacial score (nSPS) is 9.85. The highest BCUT2D eigenvalue weighted by Gasteiger charge is 2.18. The summed E-state index contributed by atoms with van der Waals surface area (Å²) in [4.78, 5) is 34.7. The summed E-state index contributed by atoms with van der Waals surface area (Å²) in [6.07, 6.45) is 0.626. The predicted molar refractivity (Wildman–Crippen MR) is 90.6 cm³/mol. The van der Waals surface area contributed by atoms with E-state index in [-0.39, 0.29) is 24.5 Å². The van der Waals surface area contributed by atoms with E-state index in [1.807, 2.05) is 0 Å². The molecule has 0 unspecified atom stereocenters. The van der Waals surface area contributed by atoms with E-state index in [0.29, 0.717) is 23.7 Å². The number of nitrogens with one attached hydrogen (secondary N) is 1. The van der Waals surface area contributed by atoms with Crippen LogP contribution in [0.1, 0.15) is 23.2 Å². The van der Waals surface area contributed by atoms with Crippen molar-refractivity contribution in [3.05, 3.63) is 17.7 Å². The standard InChI is InChI=1S/C17H23NO8/c1-22-12-8-11(9-13(23-2)16(12)25-4)17(21)26-10-14(19)18-7-5-6-15(20)24-3/h8-9H,5-7,10H2,1-4H3,(H,18,19). The monoisotopic (exact) mass is 369 g/mol. The molecule has 144 valence electrons. The number of esters is 2. The Morgan fingerprint density at radius 3 is 2.08 bits per heavy atom. The van der Waals surface area contributed by atoms with Gasteiger partial charge in [-0.3, -0.25) is 9.59 Å². The molecule has 0 spiro atoms. The van der Waals surface area contributed by atoms with E-state index in [1.165, 1.54) is 40.6 Å². The Morgan fingerprint density at radius 1 is 0.962 bits per heavy atom.